The number of nitrogens with zero attached hydrogens (tertiary/aromatic N) is 3. The van der Waals surface area contributed by atoms with E-state index in [9.17, 15) is 14.7 Å². The largest absolute Gasteiger partial charge is 0.478 e. The molecule has 1 aromatic heterocycles. The summed E-state index contributed by atoms with van der Waals surface area (Å²) in [5, 5.41) is 14.8. The van der Waals surface area contributed by atoms with Crippen molar-refractivity contribution in [1.29, 1.82) is 0 Å². The summed E-state index contributed by atoms with van der Waals surface area (Å²) >= 11 is 1.40. The van der Waals surface area contributed by atoms with E-state index in [1.807, 2.05) is 6.07 Å². The zero-order valence-electron chi connectivity index (χ0n) is 17.4. The SMILES string of the molecule is CO[C@H]1CCN(c2nc(C(=O)Nc3ccc(CN4CCOCC4)cc3C(=O)O)cs2)C1. The Morgan fingerprint density at radius 3 is 2.84 bits per heavy atom. The molecule has 4 rings (SSSR count). The van der Waals surface area contributed by atoms with Crippen molar-refractivity contribution in [3.8, 4) is 0 Å². The molecule has 2 aromatic rings. The van der Waals surface area contributed by atoms with E-state index in [1.54, 1.807) is 24.6 Å². The summed E-state index contributed by atoms with van der Waals surface area (Å²) in [6, 6.07) is 5.11. The quantitative estimate of drug-likeness (QED) is 0.667. The maximum atomic E-state index is 12.7. The third-order valence-electron chi connectivity index (χ3n) is 5.55. The van der Waals surface area contributed by atoms with Gasteiger partial charge < -0.3 is 24.8 Å². The molecule has 2 aliphatic heterocycles. The van der Waals surface area contributed by atoms with Gasteiger partial charge in [-0.1, -0.05) is 6.07 Å². The summed E-state index contributed by atoms with van der Waals surface area (Å²) < 4.78 is 10.7. The first-order valence-corrected chi connectivity index (χ1v) is 11.1. The Hall–Kier alpha value is -2.53. The van der Waals surface area contributed by atoms with Crippen molar-refractivity contribution in [3.63, 3.8) is 0 Å². The van der Waals surface area contributed by atoms with Crippen molar-refractivity contribution in [2.45, 2.75) is 19.1 Å². The summed E-state index contributed by atoms with van der Waals surface area (Å²) in [5.74, 6) is -1.51. The summed E-state index contributed by atoms with van der Waals surface area (Å²) in [7, 11) is 1.70. The highest BCUT2D eigenvalue weighted by molar-refractivity contribution is 7.14. The van der Waals surface area contributed by atoms with Crippen LogP contribution in [0.4, 0.5) is 10.8 Å². The number of aromatic carboxylic acids is 1. The molecule has 0 spiro atoms. The van der Waals surface area contributed by atoms with Gasteiger partial charge in [0.2, 0.25) is 0 Å². The zero-order valence-corrected chi connectivity index (χ0v) is 18.2. The van der Waals surface area contributed by atoms with E-state index in [0.29, 0.717) is 19.8 Å². The lowest BCUT2D eigenvalue weighted by Gasteiger charge is -2.26. The summed E-state index contributed by atoms with van der Waals surface area (Å²) in [5.41, 5.74) is 1.49. The number of nitrogens with one attached hydrogen (secondary N) is 1. The molecule has 0 aliphatic carbocycles. The molecular weight excluding hydrogens is 420 g/mol. The smallest absolute Gasteiger partial charge is 0.337 e. The van der Waals surface area contributed by atoms with Gasteiger partial charge in [-0.3, -0.25) is 9.69 Å². The van der Waals surface area contributed by atoms with Crippen molar-refractivity contribution in [1.82, 2.24) is 9.88 Å². The van der Waals surface area contributed by atoms with Crippen LogP contribution >= 0.6 is 11.3 Å². The standard InChI is InChI=1S/C21H26N4O5S/c1-29-15-4-5-25(12-15)21-23-18(13-31-21)19(26)22-17-3-2-14(10-16(17)20(27)28)11-24-6-8-30-9-7-24/h2-3,10,13,15H,4-9,11-12H2,1H3,(H,22,26)(H,27,28)/t15-/m0/s1. The molecule has 2 fully saturated rings. The van der Waals surface area contributed by atoms with Gasteiger partial charge in [-0.05, 0) is 24.1 Å². The first-order chi connectivity index (χ1) is 15.0. The van der Waals surface area contributed by atoms with E-state index >= 15 is 0 Å². The Labute approximate surface area is 184 Å². The normalized spacial score (nSPS) is 19.5. The fraction of sp³-hybridized carbons (Fsp3) is 0.476. The van der Waals surface area contributed by atoms with E-state index in [-0.39, 0.29) is 23.0 Å². The fourth-order valence-electron chi connectivity index (χ4n) is 3.79. The van der Waals surface area contributed by atoms with Crippen LogP contribution in [0.25, 0.3) is 0 Å². The molecule has 2 saturated heterocycles. The van der Waals surface area contributed by atoms with Crippen molar-refractivity contribution in [2.75, 3.05) is 56.7 Å². The minimum atomic E-state index is -1.08. The minimum absolute atomic E-state index is 0.0667. The van der Waals surface area contributed by atoms with Gasteiger partial charge in [0.05, 0.1) is 30.6 Å². The number of thiazole rings is 1. The molecule has 1 amide bonds. The van der Waals surface area contributed by atoms with E-state index in [4.69, 9.17) is 9.47 Å². The second-order valence-electron chi connectivity index (χ2n) is 7.64. The number of amides is 1. The van der Waals surface area contributed by atoms with E-state index in [1.165, 1.54) is 11.3 Å². The molecule has 0 unspecified atom stereocenters. The molecule has 2 aliphatic rings. The average molecular weight is 447 g/mol. The zero-order chi connectivity index (χ0) is 21.8. The molecule has 1 atom stereocenters. The highest BCUT2D eigenvalue weighted by Gasteiger charge is 2.25. The topological polar surface area (TPSA) is 104 Å². The molecule has 0 radical (unpaired) electrons. The van der Waals surface area contributed by atoms with Crippen molar-refractivity contribution < 1.29 is 24.2 Å². The van der Waals surface area contributed by atoms with Gasteiger partial charge in [0.15, 0.2) is 5.13 Å². The van der Waals surface area contributed by atoms with Gasteiger partial charge in [-0.25, -0.2) is 9.78 Å². The molecule has 0 saturated carbocycles. The Morgan fingerprint density at radius 2 is 2.13 bits per heavy atom. The third-order valence-corrected chi connectivity index (χ3v) is 6.45. The molecule has 10 heteroatoms. The molecule has 31 heavy (non-hydrogen) atoms. The molecular formula is C21H26N4O5S. The highest BCUT2D eigenvalue weighted by Crippen LogP contribution is 2.26. The second-order valence-corrected chi connectivity index (χ2v) is 8.47. The molecule has 166 valence electrons. The maximum absolute atomic E-state index is 12.7. The lowest BCUT2D eigenvalue weighted by atomic mass is 10.1. The number of aromatic nitrogens is 1. The number of carboxylic acids is 1. The molecule has 2 N–H and O–H groups in total. The van der Waals surface area contributed by atoms with Crippen molar-refractivity contribution in [2.24, 2.45) is 0 Å². The molecule has 1 aromatic carbocycles. The Bertz CT molecular complexity index is 944. The van der Waals surface area contributed by atoms with Crippen molar-refractivity contribution in [3.05, 3.63) is 40.4 Å². The van der Waals surface area contributed by atoms with Crippen LogP contribution in [0.15, 0.2) is 23.6 Å². The van der Waals surface area contributed by atoms with E-state index < -0.39 is 11.9 Å². The van der Waals surface area contributed by atoms with Crippen LogP contribution in [0.1, 0.15) is 32.8 Å². The van der Waals surface area contributed by atoms with Gasteiger partial charge in [-0.15, -0.1) is 11.3 Å². The van der Waals surface area contributed by atoms with Gasteiger partial charge in [-0.2, -0.15) is 0 Å². The lowest BCUT2D eigenvalue weighted by molar-refractivity contribution is 0.0341. The number of morpholine rings is 1. The number of rotatable bonds is 7. The number of hydrogen-bond donors (Lipinski definition) is 2. The number of carbonyl (C=O) groups excluding carboxylic acids is 1. The Balaban J connectivity index is 1.44. The molecule has 3 heterocycles. The van der Waals surface area contributed by atoms with Gasteiger partial charge >= 0.3 is 5.97 Å². The van der Waals surface area contributed by atoms with Gasteiger partial charge in [0.1, 0.15) is 5.69 Å². The number of carbonyl (C=O) groups is 2. The summed E-state index contributed by atoms with van der Waals surface area (Å²) in [6.45, 7) is 5.22. The minimum Gasteiger partial charge on any atom is -0.478 e. The fourth-order valence-corrected chi connectivity index (χ4v) is 4.63. The Kier molecular flexibility index (Phi) is 6.81. The number of hydrogen-bond acceptors (Lipinski definition) is 8. The van der Waals surface area contributed by atoms with Gasteiger partial charge in [0, 0.05) is 45.2 Å². The van der Waals surface area contributed by atoms with E-state index in [2.05, 4.69) is 20.1 Å². The van der Waals surface area contributed by atoms with Crippen molar-refractivity contribution >= 4 is 34.0 Å². The molecule has 0 bridgehead atoms. The van der Waals surface area contributed by atoms with Crippen LogP contribution in [0, 0.1) is 0 Å². The monoisotopic (exact) mass is 446 g/mol. The maximum Gasteiger partial charge on any atom is 0.337 e. The molecule has 9 nitrogen and oxygen atoms in total. The number of ether oxygens (including phenoxy) is 2. The number of benzene rings is 1. The van der Waals surface area contributed by atoms with Crippen LogP contribution in [0.5, 0.6) is 0 Å². The number of methoxy groups -OCH3 is 1. The first kappa shape index (κ1) is 21.7. The van der Waals surface area contributed by atoms with Gasteiger partial charge in [0.25, 0.3) is 5.91 Å². The van der Waals surface area contributed by atoms with Crippen LogP contribution in [0.3, 0.4) is 0 Å². The second kappa shape index (κ2) is 9.73. The van der Waals surface area contributed by atoms with Crippen LogP contribution in [-0.2, 0) is 16.0 Å². The average Bonchev–Trinajstić information content (AvgIpc) is 3.45. The van der Waals surface area contributed by atoms with Crippen LogP contribution < -0.4 is 10.2 Å². The summed E-state index contributed by atoms with van der Waals surface area (Å²) in [6.07, 6.45) is 1.10. The third kappa shape index (κ3) is 5.21. The summed E-state index contributed by atoms with van der Waals surface area (Å²) in [4.78, 5) is 33.3. The van der Waals surface area contributed by atoms with E-state index in [0.717, 1.165) is 43.3 Å². The highest BCUT2D eigenvalue weighted by atomic mass is 32.1. The lowest BCUT2D eigenvalue weighted by Crippen LogP contribution is -2.35. The van der Waals surface area contributed by atoms with Crippen LogP contribution in [0.2, 0.25) is 0 Å². The van der Waals surface area contributed by atoms with Crippen LogP contribution in [-0.4, -0.2) is 79.5 Å². The predicted octanol–water partition coefficient (Wildman–Crippen LogP) is 2.15. The first-order valence-electron chi connectivity index (χ1n) is 10.2. The number of anilines is 2. The Morgan fingerprint density at radius 1 is 1.32 bits per heavy atom. The predicted molar refractivity (Wildman–Crippen MR) is 117 cm³/mol. The number of carboxylic acid groups (broad SMARTS) is 1.